The summed E-state index contributed by atoms with van der Waals surface area (Å²) in [6, 6.07) is 3.40. The number of nitrogens with one attached hydrogen (secondary N) is 2. The van der Waals surface area contributed by atoms with E-state index in [1.54, 1.807) is 33.9 Å². The minimum Gasteiger partial charge on any atom is -0.495 e. The van der Waals surface area contributed by atoms with Crippen molar-refractivity contribution in [3.63, 3.8) is 0 Å². The van der Waals surface area contributed by atoms with Crippen molar-refractivity contribution in [3.8, 4) is 22.6 Å². The number of rotatable bonds is 11. The van der Waals surface area contributed by atoms with E-state index in [0.29, 0.717) is 85.9 Å². The van der Waals surface area contributed by atoms with Crippen LogP contribution in [0.4, 0.5) is 5.95 Å². The molecule has 42 heavy (non-hydrogen) atoms. The van der Waals surface area contributed by atoms with Crippen LogP contribution in [-0.4, -0.2) is 85.0 Å². The van der Waals surface area contributed by atoms with E-state index in [4.69, 9.17) is 42.4 Å². The number of aromatic nitrogens is 3. The highest BCUT2D eigenvalue weighted by atomic mass is 35.5. The van der Waals surface area contributed by atoms with E-state index >= 15 is 0 Å². The molecule has 0 unspecified atom stereocenters. The second kappa shape index (κ2) is 12.9. The summed E-state index contributed by atoms with van der Waals surface area (Å²) < 4.78 is 17.7. The number of halogens is 2. The number of likely N-dealkylation sites (tertiary alicyclic amines) is 1. The van der Waals surface area contributed by atoms with Gasteiger partial charge in [-0.3, -0.25) is 14.2 Å². The van der Waals surface area contributed by atoms with E-state index in [-0.39, 0.29) is 33.1 Å². The summed E-state index contributed by atoms with van der Waals surface area (Å²) in [4.78, 5) is 37.3. The highest BCUT2D eigenvalue weighted by molar-refractivity contribution is 6.41. The summed E-state index contributed by atoms with van der Waals surface area (Å²) in [6.45, 7) is 7.87. The molecule has 0 spiro atoms. The number of anilines is 1. The second-order valence-corrected chi connectivity index (χ2v) is 11.4. The largest absolute Gasteiger partial charge is 0.495 e. The van der Waals surface area contributed by atoms with Gasteiger partial charge in [-0.15, -0.1) is 0 Å². The summed E-state index contributed by atoms with van der Waals surface area (Å²) >= 11 is 13.4. The number of methoxy groups -OCH3 is 2. The zero-order valence-corrected chi connectivity index (χ0v) is 25.5. The lowest BCUT2D eigenvalue weighted by atomic mass is 10.0. The Morgan fingerprint density at radius 3 is 2.43 bits per heavy atom. The van der Waals surface area contributed by atoms with Crippen molar-refractivity contribution in [1.82, 2.24) is 24.8 Å². The van der Waals surface area contributed by atoms with Crippen LogP contribution in [0.15, 0.2) is 34.8 Å². The number of carbonyl (C=O) groups is 1. The molecule has 1 amide bonds. The van der Waals surface area contributed by atoms with Gasteiger partial charge in [0.25, 0.3) is 5.56 Å². The minimum absolute atomic E-state index is 0.00984. The third kappa shape index (κ3) is 6.19. The molecule has 3 aromatic rings. The first-order chi connectivity index (χ1) is 20.2. The van der Waals surface area contributed by atoms with Crippen LogP contribution >= 0.6 is 23.2 Å². The number of hydrogen-bond acceptors (Lipinski definition) is 9. The molecule has 2 N–H and O–H groups in total. The summed E-state index contributed by atoms with van der Waals surface area (Å²) in [5.74, 6) is 1.49. The van der Waals surface area contributed by atoms with Crippen LogP contribution in [0.25, 0.3) is 22.2 Å². The molecule has 0 atom stereocenters. The average molecular weight is 618 g/mol. The molecule has 4 heterocycles. The molecule has 5 rings (SSSR count). The first-order valence-electron chi connectivity index (χ1n) is 13.7. The van der Waals surface area contributed by atoms with E-state index in [1.807, 2.05) is 13.8 Å². The van der Waals surface area contributed by atoms with Crippen LogP contribution in [0, 0.1) is 5.92 Å². The number of benzene rings is 1. The van der Waals surface area contributed by atoms with Gasteiger partial charge in [-0.25, -0.2) is 4.98 Å². The molecule has 0 aliphatic carbocycles. The van der Waals surface area contributed by atoms with Crippen molar-refractivity contribution in [1.29, 1.82) is 0 Å². The Balaban J connectivity index is 1.47. The Labute approximate surface area is 253 Å². The third-order valence-corrected chi connectivity index (χ3v) is 8.05. The highest BCUT2D eigenvalue weighted by Crippen LogP contribution is 2.45. The second-order valence-electron chi connectivity index (χ2n) is 10.7. The van der Waals surface area contributed by atoms with Gasteiger partial charge in [0.15, 0.2) is 0 Å². The van der Waals surface area contributed by atoms with Crippen molar-refractivity contribution in [3.05, 3.63) is 50.4 Å². The number of ether oxygens (including phenoxy) is 3. The van der Waals surface area contributed by atoms with Crippen molar-refractivity contribution in [2.75, 3.05) is 58.9 Å². The quantitative estimate of drug-likeness (QED) is 0.311. The Hall–Kier alpha value is -3.38. The van der Waals surface area contributed by atoms with Crippen LogP contribution in [0.3, 0.4) is 0 Å². The van der Waals surface area contributed by atoms with Crippen molar-refractivity contribution in [2.45, 2.75) is 26.4 Å². The maximum atomic E-state index is 14.1. The van der Waals surface area contributed by atoms with E-state index in [1.165, 1.54) is 14.2 Å². The molecule has 0 radical (unpaired) electrons. The van der Waals surface area contributed by atoms with Crippen molar-refractivity contribution in [2.24, 2.45) is 5.92 Å². The molecule has 2 fully saturated rings. The van der Waals surface area contributed by atoms with Gasteiger partial charge in [-0.1, -0.05) is 28.8 Å². The van der Waals surface area contributed by atoms with Crippen molar-refractivity contribution < 1.29 is 19.0 Å². The minimum atomic E-state index is -0.325. The van der Waals surface area contributed by atoms with E-state index in [9.17, 15) is 9.59 Å². The lowest BCUT2D eigenvalue weighted by Gasteiger charge is -2.39. The first kappa shape index (κ1) is 30.1. The molecule has 2 saturated heterocycles. The summed E-state index contributed by atoms with van der Waals surface area (Å²) in [6.07, 6.45) is 3.31. The lowest BCUT2D eigenvalue weighted by Crippen LogP contribution is -2.60. The van der Waals surface area contributed by atoms with Gasteiger partial charge in [0.1, 0.15) is 17.1 Å². The highest BCUT2D eigenvalue weighted by Gasteiger charge is 2.29. The first-order valence-corrected chi connectivity index (χ1v) is 14.5. The lowest BCUT2D eigenvalue weighted by molar-refractivity contribution is -0.130. The van der Waals surface area contributed by atoms with Gasteiger partial charge in [0, 0.05) is 74.0 Å². The maximum absolute atomic E-state index is 14.1. The predicted octanol–water partition coefficient (Wildman–Crippen LogP) is 3.61. The third-order valence-electron chi connectivity index (χ3n) is 7.30. The fourth-order valence-corrected chi connectivity index (χ4v) is 5.60. The van der Waals surface area contributed by atoms with E-state index in [0.717, 1.165) is 5.57 Å². The number of carbonyl (C=O) groups excluding carboxylic acids is 1. The van der Waals surface area contributed by atoms with Gasteiger partial charge in [0.05, 0.1) is 43.0 Å². The fraction of sp³-hybridized carbons (Fsp3) is 0.448. The Morgan fingerprint density at radius 2 is 1.83 bits per heavy atom. The molecular formula is C29H34Cl2N6O5. The monoisotopic (exact) mass is 616 g/mol. The zero-order chi connectivity index (χ0) is 30.0. The summed E-state index contributed by atoms with van der Waals surface area (Å²) in [7, 11) is 2.96. The molecule has 1 aromatic carbocycles. The maximum Gasteiger partial charge on any atom is 0.260 e. The van der Waals surface area contributed by atoms with Gasteiger partial charge >= 0.3 is 0 Å². The molecule has 2 aliphatic rings. The Morgan fingerprint density at radius 1 is 1.14 bits per heavy atom. The van der Waals surface area contributed by atoms with Crippen LogP contribution in [0.5, 0.6) is 11.5 Å². The summed E-state index contributed by atoms with van der Waals surface area (Å²) in [5.41, 5.74) is 1.70. The standard InChI is InChI=1S/C29H34Cl2N6O5/c1-16(2)7-23(38)36-12-19(13-36)32-5-6-37-27-18(11-34-29(35-27)33-10-17-14-42-15-17)8-20(28(37)39)24-25(30)21(40-3)9-22(41-4)26(24)31/h7-9,11,17,19,32H,5-6,10,12-15H2,1-4H3,(H,33,34,35). The van der Waals surface area contributed by atoms with Gasteiger partial charge in [0.2, 0.25) is 11.9 Å². The molecule has 2 aliphatic heterocycles. The summed E-state index contributed by atoms with van der Waals surface area (Å²) in [5, 5.41) is 7.73. The topological polar surface area (TPSA) is 120 Å². The van der Waals surface area contributed by atoms with E-state index in [2.05, 4.69) is 15.6 Å². The van der Waals surface area contributed by atoms with Crippen LogP contribution in [0.2, 0.25) is 10.0 Å². The van der Waals surface area contributed by atoms with Gasteiger partial charge in [-0.05, 0) is 19.9 Å². The van der Waals surface area contributed by atoms with E-state index < -0.39 is 0 Å². The fourth-order valence-electron chi connectivity index (χ4n) is 4.90. The number of allylic oxidation sites excluding steroid dienone is 1. The molecule has 0 saturated carbocycles. The Bertz CT molecular complexity index is 1550. The van der Waals surface area contributed by atoms with Gasteiger partial charge < -0.3 is 29.7 Å². The molecular weight excluding hydrogens is 583 g/mol. The molecule has 0 bridgehead atoms. The number of fused-ring (bicyclic) bond motifs is 1. The normalized spacial score (nSPS) is 15.2. The predicted molar refractivity (Wildman–Crippen MR) is 163 cm³/mol. The van der Waals surface area contributed by atoms with Crippen LogP contribution in [0.1, 0.15) is 13.8 Å². The van der Waals surface area contributed by atoms with Gasteiger partial charge in [-0.2, -0.15) is 4.98 Å². The molecule has 2 aromatic heterocycles. The van der Waals surface area contributed by atoms with Crippen molar-refractivity contribution >= 4 is 46.1 Å². The Kier molecular flexibility index (Phi) is 9.22. The SMILES string of the molecule is COc1cc(OC)c(Cl)c(-c2cc3cnc(NCC4COC4)nc3n(CCNC3CN(C(=O)C=C(C)C)C3)c2=O)c1Cl. The number of pyridine rings is 1. The zero-order valence-electron chi connectivity index (χ0n) is 24.0. The average Bonchev–Trinajstić information content (AvgIpc) is 2.90. The molecule has 13 heteroatoms. The van der Waals surface area contributed by atoms with Crippen LogP contribution in [-0.2, 0) is 16.1 Å². The molecule has 224 valence electrons. The number of hydrogen-bond donors (Lipinski definition) is 2. The van der Waals surface area contributed by atoms with Crippen LogP contribution < -0.4 is 25.7 Å². The smallest absolute Gasteiger partial charge is 0.260 e. The molecule has 11 nitrogen and oxygen atoms in total. The number of amides is 1. The number of nitrogens with zero attached hydrogens (tertiary/aromatic N) is 4.